The van der Waals surface area contributed by atoms with Gasteiger partial charge in [-0.15, -0.1) is 0 Å². The summed E-state index contributed by atoms with van der Waals surface area (Å²) in [5.41, 5.74) is 3.90. The average molecular weight is 393 g/mol. The first-order valence-corrected chi connectivity index (χ1v) is 10.2. The fourth-order valence-electron chi connectivity index (χ4n) is 4.33. The Morgan fingerprint density at radius 1 is 1.17 bits per heavy atom. The molecule has 3 amide bonds. The van der Waals surface area contributed by atoms with E-state index in [9.17, 15) is 9.59 Å². The SMILES string of the molecule is COc1ccc(NC(=O)N(C)C2CCc3ccccc32)cc1N1CCCCC1=O. The molecule has 0 aromatic heterocycles. The second-order valence-electron chi connectivity index (χ2n) is 7.68. The van der Waals surface area contributed by atoms with Crippen LogP contribution in [-0.2, 0) is 11.2 Å². The molecule has 1 atom stereocenters. The van der Waals surface area contributed by atoms with Crippen LogP contribution in [0.2, 0.25) is 0 Å². The first kappa shape index (κ1) is 19.3. The highest BCUT2D eigenvalue weighted by Crippen LogP contribution is 2.36. The highest BCUT2D eigenvalue weighted by atomic mass is 16.5. The predicted octanol–water partition coefficient (Wildman–Crippen LogP) is 4.36. The number of anilines is 2. The van der Waals surface area contributed by atoms with Gasteiger partial charge in [0, 0.05) is 25.7 Å². The number of carbonyl (C=O) groups excluding carboxylic acids is 2. The molecule has 0 radical (unpaired) electrons. The van der Waals surface area contributed by atoms with Gasteiger partial charge in [-0.2, -0.15) is 0 Å². The molecule has 29 heavy (non-hydrogen) atoms. The zero-order valence-corrected chi connectivity index (χ0v) is 17.0. The Kier molecular flexibility index (Phi) is 5.43. The number of fused-ring (bicyclic) bond motifs is 1. The maximum absolute atomic E-state index is 12.9. The summed E-state index contributed by atoms with van der Waals surface area (Å²) in [5, 5.41) is 2.99. The molecule has 1 saturated heterocycles. The normalized spacial score (nSPS) is 18.3. The Bertz CT molecular complexity index is 927. The Morgan fingerprint density at radius 2 is 2.00 bits per heavy atom. The van der Waals surface area contributed by atoms with Crippen LogP contribution >= 0.6 is 0 Å². The molecule has 0 saturated carbocycles. The van der Waals surface area contributed by atoms with Crippen molar-refractivity contribution in [2.24, 2.45) is 0 Å². The van der Waals surface area contributed by atoms with Crippen LogP contribution in [0, 0.1) is 0 Å². The number of amides is 3. The topological polar surface area (TPSA) is 61.9 Å². The third-order valence-electron chi connectivity index (χ3n) is 5.93. The Morgan fingerprint density at radius 3 is 2.79 bits per heavy atom. The van der Waals surface area contributed by atoms with Gasteiger partial charge in [0.25, 0.3) is 0 Å². The minimum Gasteiger partial charge on any atom is -0.495 e. The van der Waals surface area contributed by atoms with Gasteiger partial charge in [-0.05, 0) is 55.0 Å². The lowest BCUT2D eigenvalue weighted by Crippen LogP contribution is -2.36. The second kappa shape index (κ2) is 8.15. The molecule has 2 aliphatic rings. The molecule has 1 aliphatic carbocycles. The van der Waals surface area contributed by atoms with E-state index >= 15 is 0 Å². The third kappa shape index (κ3) is 3.79. The molecule has 6 heteroatoms. The minimum atomic E-state index is -0.159. The van der Waals surface area contributed by atoms with Crippen molar-refractivity contribution >= 4 is 23.3 Å². The molecule has 4 rings (SSSR count). The molecule has 1 N–H and O–H groups in total. The summed E-state index contributed by atoms with van der Waals surface area (Å²) in [6.45, 7) is 0.672. The summed E-state index contributed by atoms with van der Waals surface area (Å²) in [6.07, 6.45) is 4.35. The fourth-order valence-corrected chi connectivity index (χ4v) is 4.33. The standard InChI is InChI=1S/C23H27N3O3/c1-25(19-12-10-16-7-3-4-8-18(16)19)23(28)24-17-11-13-21(29-2)20(15-17)26-14-6-5-9-22(26)27/h3-4,7-8,11,13,15,19H,5-6,9-10,12,14H2,1-2H3,(H,24,28). The minimum absolute atomic E-state index is 0.0765. The Balaban J connectivity index is 1.52. The first-order valence-electron chi connectivity index (χ1n) is 10.2. The Hall–Kier alpha value is -3.02. The van der Waals surface area contributed by atoms with E-state index in [-0.39, 0.29) is 18.0 Å². The third-order valence-corrected chi connectivity index (χ3v) is 5.93. The number of carbonyl (C=O) groups is 2. The van der Waals surface area contributed by atoms with Crippen molar-refractivity contribution in [1.82, 2.24) is 4.90 Å². The number of nitrogens with zero attached hydrogens (tertiary/aromatic N) is 2. The van der Waals surface area contributed by atoms with Crippen LogP contribution in [0.25, 0.3) is 0 Å². The van der Waals surface area contributed by atoms with Crippen LogP contribution in [0.1, 0.15) is 42.9 Å². The van der Waals surface area contributed by atoms with E-state index in [0.29, 0.717) is 30.1 Å². The highest BCUT2D eigenvalue weighted by Gasteiger charge is 2.29. The molecular formula is C23H27N3O3. The van der Waals surface area contributed by atoms with Crippen molar-refractivity contribution in [2.75, 3.05) is 30.9 Å². The molecular weight excluding hydrogens is 366 g/mol. The van der Waals surface area contributed by atoms with E-state index < -0.39 is 0 Å². The van der Waals surface area contributed by atoms with Crippen LogP contribution in [0.5, 0.6) is 5.75 Å². The maximum Gasteiger partial charge on any atom is 0.322 e. The van der Waals surface area contributed by atoms with E-state index in [4.69, 9.17) is 4.74 Å². The number of methoxy groups -OCH3 is 1. The molecule has 2 aromatic rings. The predicted molar refractivity (Wildman–Crippen MR) is 113 cm³/mol. The lowest BCUT2D eigenvalue weighted by atomic mass is 10.1. The summed E-state index contributed by atoms with van der Waals surface area (Å²) >= 11 is 0. The number of urea groups is 1. The summed E-state index contributed by atoms with van der Waals surface area (Å²) in [6, 6.07) is 13.7. The number of rotatable bonds is 4. The number of piperidine rings is 1. The zero-order chi connectivity index (χ0) is 20.4. The van der Waals surface area contributed by atoms with Gasteiger partial charge < -0.3 is 19.9 Å². The molecule has 1 fully saturated rings. The molecule has 1 aliphatic heterocycles. The van der Waals surface area contributed by atoms with Crippen molar-refractivity contribution in [2.45, 2.75) is 38.1 Å². The van der Waals surface area contributed by atoms with Crippen LogP contribution in [0.3, 0.4) is 0 Å². The largest absolute Gasteiger partial charge is 0.495 e. The number of benzene rings is 2. The molecule has 0 bridgehead atoms. The molecule has 0 spiro atoms. The summed E-state index contributed by atoms with van der Waals surface area (Å²) in [5.74, 6) is 0.731. The van der Waals surface area contributed by atoms with Gasteiger partial charge in [0.05, 0.1) is 18.8 Å². The smallest absolute Gasteiger partial charge is 0.322 e. The van der Waals surface area contributed by atoms with Gasteiger partial charge in [0.1, 0.15) is 5.75 Å². The van der Waals surface area contributed by atoms with Crippen molar-refractivity contribution in [3.63, 3.8) is 0 Å². The maximum atomic E-state index is 12.9. The molecule has 152 valence electrons. The van der Waals surface area contributed by atoms with Crippen LogP contribution in [-0.4, -0.2) is 37.5 Å². The molecule has 6 nitrogen and oxygen atoms in total. The van der Waals surface area contributed by atoms with E-state index in [1.165, 1.54) is 11.1 Å². The monoisotopic (exact) mass is 393 g/mol. The van der Waals surface area contributed by atoms with Crippen LogP contribution in [0.4, 0.5) is 16.2 Å². The lowest BCUT2D eigenvalue weighted by molar-refractivity contribution is -0.119. The first-order chi connectivity index (χ1) is 14.1. The van der Waals surface area contributed by atoms with Gasteiger partial charge >= 0.3 is 6.03 Å². The number of nitrogens with one attached hydrogen (secondary N) is 1. The summed E-state index contributed by atoms with van der Waals surface area (Å²) in [4.78, 5) is 28.8. The van der Waals surface area contributed by atoms with Crippen molar-refractivity contribution in [3.05, 3.63) is 53.6 Å². The van der Waals surface area contributed by atoms with E-state index in [1.54, 1.807) is 23.0 Å². The van der Waals surface area contributed by atoms with Gasteiger partial charge in [-0.25, -0.2) is 4.79 Å². The quantitative estimate of drug-likeness (QED) is 0.839. The van der Waals surface area contributed by atoms with Gasteiger partial charge in [-0.1, -0.05) is 24.3 Å². The van der Waals surface area contributed by atoms with Crippen molar-refractivity contribution in [3.8, 4) is 5.75 Å². The van der Waals surface area contributed by atoms with Gasteiger partial charge in [-0.3, -0.25) is 4.79 Å². The fraction of sp³-hybridized carbons (Fsp3) is 0.391. The molecule has 1 heterocycles. The number of hydrogen-bond acceptors (Lipinski definition) is 3. The number of ether oxygens (including phenoxy) is 1. The van der Waals surface area contributed by atoms with Crippen LogP contribution in [0.15, 0.2) is 42.5 Å². The lowest BCUT2D eigenvalue weighted by Gasteiger charge is -2.29. The van der Waals surface area contributed by atoms with E-state index in [1.807, 2.05) is 31.3 Å². The summed E-state index contributed by atoms with van der Waals surface area (Å²) in [7, 11) is 3.43. The highest BCUT2D eigenvalue weighted by molar-refractivity contribution is 5.97. The van der Waals surface area contributed by atoms with E-state index in [0.717, 1.165) is 25.7 Å². The molecule has 1 unspecified atom stereocenters. The number of hydrogen-bond donors (Lipinski definition) is 1. The van der Waals surface area contributed by atoms with Gasteiger partial charge in [0.15, 0.2) is 0 Å². The second-order valence-corrected chi connectivity index (χ2v) is 7.68. The van der Waals surface area contributed by atoms with Crippen LogP contribution < -0.4 is 15.0 Å². The summed E-state index contributed by atoms with van der Waals surface area (Å²) < 4.78 is 5.46. The zero-order valence-electron chi connectivity index (χ0n) is 17.0. The van der Waals surface area contributed by atoms with E-state index in [2.05, 4.69) is 17.4 Å². The molecule has 2 aromatic carbocycles. The Labute approximate surface area is 171 Å². The number of aryl methyl sites for hydroxylation is 1. The average Bonchev–Trinajstić information content (AvgIpc) is 3.17. The van der Waals surface area contributed by atoms with Crippen molar-refractivity contribution in [1.29, 1.82) is 0 Å². The van der Waals surface area contributed by atoms with Crippen molar-refractivity contribution < 1.29 is 14.3 Å². The van der Waals surface area contributed by atoms with Gasteiger partial charge in [0.2, 0.25) is 5.91 Å².